The molecule has 0 radical (unpaired) electrons. The number of benzene rings is 1. The average molecular weight is 462 g/mol. The molecule has 4 unspecified atom stereocenters. The van der Waals surface area contributed by atoms with Crippen molar-refractivity contribution in [3.63, 3.8) is 0 Å². The number of hydrogen-bond donors (Lipinski definition) is 1. The van der Waals surface area contributed by atoms with Crippen LogP contribution in [0.5, 0.6) is 0 Å². The Labute approximate surface area is 186 Å². The topological polar surface area (TPSA) is 79.4 Å². The number of imide groups is 1. The lowest BCUT2D eigenvalue weighted by molar-refractivity contribution is -0.143. The minimum absolute atomic E-state index is 0.129. The monoisotopic (exact) mass is 461 g/mol. The minimum Gasteiger partial charge on any atom is -0.300 e. The number of anilines is 1. The smallest absolute Gasteiger partial charge is 0.246 e. The molecule has 1 saturated carbocycles. The summed E-state index contributed by atoms with van der Waals surface area (Å²) >= 11 is 13.5. The summed E-state index contributed by atoms with van der Waals surface area (Å²) in [5, 5.41) is 4.31. The third-order valence-electron chi connectivity index (χ3n) is 6.04. The Hall–Kier alpha value is -2.22. The third kappa shape index (κ3) is 3.35. The predicted octanol–water partition coefficient (Wildman–Crippen LogP) is 3.79. The van der Waals surface area contributed by atoms with E-state index in [1.807, 2.05) is 12.2 Å². The second kappa shape index (κ2) is 7.48. The Kier molecular flexibility index (Phi) is 4.92. The standard InChI is InChI=1S/C21H17Cl2N3O3S/c22-13-3-4-15(23)12(6-13)7-14-8-24-21(30-14)25-16(27)9-26-19(28)17-10-1-2-11(5-10)18(17)20(26)29/h1-4,6,8,10-11,17-18H,5,7,9H2,(H,24,25,27). The summed E-state index contributed by atoms with van der Waals surface area (Å²) in [6, 6.07) is 5.26. The minimum atomic E-state index is -0.432. The normalized spacial score (nSPS) is 26.5. The van der Waals surface area contributed by atoms with Crippen molar-refractivity contribution in [2.24, 2.45) is 23.7 Å². The highest BCUT2D eigenvalue weighted by Crippen LogP contribution is 2.52. The van der Waals surface area contributed by atoms with Crippen LogP contribution in [0, 0.1) is 23.7 Å². The Morgan fingerprint density at radius 3 is 2.57 bits per heavy atom. The number of nitrogens with zero attached hydrogens (tertiary/aromatic N) is 2. The van der Waals surface area contributed by atoms with Crippen LogP contribution < -0.4 is 5.32 Å². The SMILES string of the molecule is O=C(CN1C(=O)C2C3C=CC(C3)C2C1=O)Nc1ncc(Cc2cc(Cl)ccc2Cl)s1. The number of hydrogen-bond acceptors (Lipinski definition) is 5. The van der Waals surface area contributed by atoms with Gasteiger partial charge >= 0.3 is 0 Å². The number of rotatable bonds is 5. The van der Waals surface area contributed by atoms with Gasteiger partial charge in [-0.2, -0.15) is 0 Å². The number of thiazole rings is 1. The zero-order valence-corrected chi connectivity index (χ0v) is 18.0. The number of carbonyl (C=O) groups is 3. The molecule has 3 amide bonds. The number of halogens is 2. The quantitative estimate of drug-likeness (QED) is 0.542. The molecule has 30 heavy (non-hydrogen) atoms. The molecule has 4 atom stereocenters. The molecule has 1 aromatic heterocycles. The molecule has 1 aromatic carbocycles. The van der Waals surface area contributed by atoms with Gasteiger partial charge in [-0.15, -0.1) is 11.3 Å². The summed E-state index contributed by atoms with van der Waals surface area (Å²) < 4.78 is 0. The largest absolute Gasteiger partial charge is 0.300 e. The molecule has 5 rings (SSSR count). The van der Waals surface area contributed by atoms with Crippen molar-refractivity contribution in [1.29, 1.82) is 0 Å². The Morgan fingerprint density at radius 1 is 1.17 bits per heavy atom. The fourth-order valence-electron chi connectivity index (χ4n) is 4.74. The fourth-order valence-corrected chi connectivity index (χ4v) is 5.97. The van der Waals surface area contributed by atoms with E-state index in [2.05, 4.69) is 10.3 Å². The zero-order chi connectivity index (χ0) is 21.0. The van der Waals surface area contributed by atoms with Crippen LogP contribution in [-0.4, -0.2) is 34.2 Å². The number of aromatic nitrogens is 1. The van der Waals surface area contributed by atoms with Gasteiger partial charge in [-0.3, -0.25) is 19.3 Å². The number of nitrogens with one attached hydrogen (secondary N) is 1. The molecule has 1 aliphatic heterocycles. The van der Waals surface area contributed by atoms with Crippen molar-refractivity contribution in [2.75, 3.05) is 11.9 Å². The zero-order valence-electron chi connectivity index (χ0n) is 15.7. The van der Waals surface area contributed by atoms with Crippen LogP contribution in [0.2, 0.25) is 10.0 Å². The van der Waals surface area contributed by atoms with E-state index in [9.17, 15) is 14.4 Å². The molecular weight excluding hydrogens is 445 g/mol. The van der Waals surface area contributed by atoms with Gasteiger partial charge in [0.15, 0.2) is 5.13 Å². The van der Waals surface area contributed by atoms with Gasteiger partial charge in [0.1, 0.15) is 6.54 Å². The third-order valence-corrected chi connectivity index (χ3v) is 7.55. The van der Waals surface area contributed by atoms with E-state index in [-0.39, 0.29) is 42.0 Å². The summed E-state index contributed by atoms with van der Waals surface area (Å²) in [6.45, 7) is -0.279. The highest BCUT2D eigenvalue weighted by atomic mass is 35.5. The summed E-state index contributed by atoms with van der Waals surface area (Å²) in [5.74, 6) is -1.23. The second-order valence-corrected chi connectivity index (χ2v) is 9.81. The molecular formula is C21H17Cl2N3O3S. The summed E-state index contributed by atoms with van der Waals surface area (Å²) in [6.07, 6.45) is 7.13. The average Bonchev–Trinajstić information content (AvgIpc) is 3.47. The van der Waals surface area contributed by atoms with E-state index >= 15 is 0 Å². The Morgan fingerprint density at radius 2 is 1.87 bits per heavy atom. The maximum atomic E-state index is 12.7. The van der Waals surface area contributed by atoms with Crippen molar-refractivity contribution in [3.05, 3.63) is 57.0 Å². The predicted molar refractivity (Wildman–Crippen MR) is 114 cm³/mol. The van der Waals surface area contributed by atoms with E-state index in [0.29, 0.717) is 21.6 Å². The molecule has 3 aliphatic rings. The van der Waals surface area contributed by atoms with Crippen LogP contribution in [0.1, 0.15) is 16.9 Å². The molecule has 2 fully saturated rings. The molecule has 2 bridgehead atoms. The molecule has 1 saturated heterocycles. The molecule has 0 spiro atoms. The highest BCUT2D eigenvalue weighted by Gasteiger charge is 2.59. The van der Waals surface area contributed by atoms with Crippen molar-refractivity contribution in [3.8, 4) is 0 Å². The van der Waals surface area contributed by atoms with Crippen molar-refractivity contribution in [2.45, 2.75) is 12.8 Å². The Bertz CT molecular complexity index is 1070. The first kappa shape index (κ1) is 19.7. The van der Waals surface area contributed by atoms with E-state index in [0.717, 1.165) is 21.8 Å². The first-order valence-corrected chi connectivity index (χ1v) is 11.2. The van der Waals surface area contributed by atoms with Gasteiger partial charge in [-0.25, -0.2) is 4.98 Å². The van der Waals surface area contributed by atoms with Crippen LogP contribution in [-0.2, 0) is 20.8 Å². The first-order valence-electron chi connectivity index (χ1n) is 9.63. The first-order chi connectivity index (χ1) is 14.4. The molecule has 6 nitrogen and oxygen atoms in total. The lowest BCUT2D eigenvalue weighted by Crippen LogP contribution is -2.39. The van der Waals surface area contributed by atoms with Gasteiger partial charge in [0.2, 0.25) is 17.7 Å². The second-order valence-electron chi connectivity index (χ2n) is 7.85. The van der Waals surface area contributed by atoms with Crippen LogP contribution in [0.4, 0.5) is 5.13 Å². The highest BCUT2D eigenvalue weighted by molar-refractivity contribution is 7.15. The van der Waals surface area contributed by atoms with E-state index < -0.39 is 5.91 Å². The van der Waals surface area contributed by atoms with Crippen LogP contribution in [0.15, 0.2) is 36.5 Å². The van der Waals surface area contributed by atoms with Gasteiger partial charge < -0.3 is 5.32 Å². The van der Waals surface area contributed by atoms with Crippen molar-refractivity contribution in [1.82, 2.24) is 9.88 Å². The fraction of sp³-hybridized carbons (Fsp3) is 0.333. The summed E-state index contributed by atoms with van der Waals surface area (Å²) in [7, 11) is 0. The number of fused-ring (bicyclic) bond motifs is 5. The number of carbonyl (C=O) groups excluding carboxylic acids is 3. The van der Waals surface area contributed by atoms with Gasteiger partial charge in [-0.05, 0) is 42.0 Å². The molecule has 9 heteroatoms. The van der Waals surface area contributed by atoms with Crippen LogP contribution in [0.3, 0.4) is 0 Å². The van der Waals surface area contributed by atoms with Gasteiger partial charge in [0, 0.05) is 27.5 Å². The number of amides is 3. The van der Waals surface area contributed by atoms with Gasteiger partial charge in [0.25, 0.3) is 0 Å². The number of allylic oxidation sites excluding steroid dienone is 2. The van der Waals surface area contributed by atoms with Crippen molar-refractivity contribution >= 4 is 57.4 Å². The summed E-state index contributed by atoms with van der Waals surface area (Å²) in [4.78, 5) is 44.1. The molecule has 2 heterocycles. The molecule has 154 valence electrons. The Balaban J connectivity index is 1.22. The molecule has 2 aromatic rings. The molecule has 2 aliphatic carbocycles. The molecule has 1 N–H and O–H groups in total. The maximum Gasteiger partial charge on any atom is 0.246 e. The van der Waals surface area contributed by atoms with E-state index in [4.69, 9.17) is 23.2 Å². The maximum absolute atomic E-state index is 12.7. The lowest BCUT2D eigenvalue weighted by atomic mass is 9.85. The van der Waals surface area contributed by atoms with Crippen molar-refractivity contribution < 1.29 is 14.4 Å². The summed E-state index contributed by atoms with van der Waals surface area (Å²) in [5.41, 5.74) is 0.869. The number of likely N-dealkylation sites (tertiary alicyclic amines) is 1. The van der Waals surface area contributed by atoms with E-state index in [1.54, 1.807) is 24.4 Å². The van der Waals surface area contributed by atoms with Crippen LogP contribution in [0.25, 0.3) is 0 Å². The van der Waals surface area contributed by atoms with Crippen LogP contribution >= 0.6 is 34.5 Å². The lowest BCUT2D eigenvalue weighted by Gasteiger charge is -2.16. The van der Waals surface area contributed by atoms with Gasteiger partial charge in [0.05, 0.1) is 11.8 Å². The van der Waals surface area contributed by atoms with Gasteiger partial charge in [-0.1, -0.05) is 35.4 Å². The van der Waals surface area contributed by atoms with E-state index in [1.165, 1.54) is 11.3 Å².